The number of esters is 2. The van der Waals surface area contributed by atoms with Crippen molar-refractivity contribution >= 4 is 11.9 Å². The zero-order chi connectivity index (χ0) is 15.3. The molecule has 21 heavy (non-hydrogen) atoms. The molecule has 1 aliphatic rings. The second-order valence-electron chi connectivity index (χ2n) is 5.33. The molecular formula is C17H20O4. The van der Waals surface area contributed by atoms with Gasteiger partial charge in [-0.3, -0.25) is 4.79 Å². The summed E-state index contributed by atoms with van der Waals surface area (Å²) in [5, 5.41) is 0. The van der Waals surface area contributed by atoms with E-state index >= 15 is 0 Å². The zero-order valence-corrected chi connectivity index (χ0v) is 12.2. The number of hydrogen-bond donors (Lipinski definition) is 0. The van der Waals surface area contributed by atoms with Crippen molar-refractivity contribution in [3.05, 3.63) is 48.6 Å². The van der Waals surface area contributed by atoms with E-state index in [2.05, 4.69) is 6.58 Å². The molecule has 0 atom stereocenters. The Morgan fingerprint density at radius 2 is 1.86 bits per heavy atom. The van der Waals surface area contributed by atoms with Crippen molar-refractivity contribution in [1.82, 2.24) is 0 Å². The van der Waals surface area contributed by atoms with Gasteiger partial charge in [0.1, 0.15) is 11.7 Å². The molecule has 1 aliphatic carbocycles. The first-order valence-electron chi connectivity index (χ1n) is 7.14. The highest BCUT2D eigenvalue weighted by atomic mass is 16.6. The molecule has 1 aromatic rings. The van der Waals surface area contributed by atoms with Gasteiger partial charge in [-0.05, 0) is 43.9 Å². The lowest BCUT2D eigenvalue weighted by Gasteiger charge is -2.36. The van der Waals surface area contributed by atoms with E-state index in [-0.39, 0.29) is 18.0 Å². The molecule has 1 aromatic carbocycles. The molecule has 0 aromatic heterocycles. The first-order valence-corrected chi connectivity index (χ1v) is 7.14. The minimum Gasteiger partial charge on any atom is -0.459 e. The van der Waals surface area contributed by atoms with Crippen molar-refractivity contribution in [2.45, 2.75) is 44.3 Å². The highest BCUT2D eigenvalue weighted by Crippen LogP contribution is 2.34. The molecule has 1 saturated carbocycles. The number of carbonyl (C=O) groups is 2. The standard InChI is InChI=1S/C17H20O4/c1-3-17(21-13(2)18)11-9-15(10-12-17)20-16(19)14-7-5-4-6-8-14/h3-8,15H,1,9-12H2,2H3. The average Bonchev–Trinajstić information content (AvgIpc) is 2.50. The van der Waals surface area contributed by atoms with E-state index in [1.165, 1.54) is 6.92 Å². The molecule has 0 spiro atoms. The third-order valence-corrected chi connectivity index (χ3v) is 3.78. The van der Waals surface area contributed by atoms with Crippen molar-refractivity contribution in [3.8, 4) is 0 Å². The van der Waals surface area contributed by atoms with Gasteiger partial charge in [-0.15, -0.1) is 0 Å². The van der Waals surface area contributed by atoms with E-state index in [1.54, 1.807) is 30.3 Å². The Morgan fingerprint density at radius 1 is 1.24 bits per heavy atom. The Hall–Kier alpha value is -2.10. The van der Waals surface area contributed by atoms with Gasteiger partial charge in [0.15, 0.2) is 0 Å². The van der Waals surface area contributed by atoms with Crippen molar-refractivity contribution in [2.24, 2.45) is 0 Å². The molecule has 0 aliphatic heterocycles. The normalized spacial score (nSPS) is 24.9. The Kier molecular flexibility index (Phi) is 4.78. The third-order valence-electron chi connectivity index (χ3n) is 3.78. The summed E-state index contributed by atoms with van der Waals surface area (Å²) in [5.41, 5.74) is -0.0559. The topological polar surface area (TPSA) is 52.6 Å². The fourth-order valence-electron chi connectivity index (χ4n) is 2.63. The summed E-state index contributed by atoms with van der Waals surface area (Å²) in [6.07, 6.45) is 4.13. The first-order chi connectivity index (χ1) is 10.0. The van der Waals surface area contributed by atoms with Crippen LogP contribution in [0.15, 0.2) is 43.0 Å². The summed E-state index contributed by atoms with van der Waals surface area (Å²) in [6.45, 7) is 5.15. The second-order valence-corrected chi connectivity index (χ2v) is 5.33. The molecule has 0 radical (unpaired) electrons. The quantitative estimate of drug-likeness (QED) is 0.630. The first kappa shape index (κ1) is 15.3. The Bertz CT molecular complexity index is 513. The summed E-state index contributed by atoms with van der Waals surface area (Å²) < 4.78 is 10.9. The van der Waals surface area contributed by atoms with Crippen LogP contribution in [-0.2, 0) is 14.3 Å². The van der Waals surface area contributed by atoms with Gasteiger partial charge in [-0.25, -0.2) is 4.79 Å². The van der Waals surface area contributed by atoms with Crippen LogP contribution in [0.5, 0.6) is 0 Å². The van der Waals surface area contributed by atoms with Gasteiger partial charge in [0.2, 0.25) is 0 Å². The number of carbonyl (C=O) groups excluding carboxylic acids is 2. The molecule has 112 valence electrons. The fourth-order valence-corrected chi connectivity index (χ4v) is 2.63. The fraction of sp³-hybridized carbons (Fsp3) is 0.412. The van der Waals surface area contributed by atoms with Crippen LogP contribution in [0.2, 0.25) is 0 Å². The van der Waals surface area contributed by atoms with Gasteiger partial charge in [0, 0.05) is 6.92 Å². The number of ether oxygens (including phenoxy) is 2. The molecule has 0 heterocycles. The molecule has 0 unspecified atom stereocenters. The highest BCUT2D eigenvalue weighted by Gasteiger charge is 2.36. The molecule has 4 heteroatoms. The van der Waals surface area contributed by atoms with E-state index in [0.717, 1.165) is 0 Å². The maximum atomic E-state index is 12.0. The Morgan fingerprint density at radius 3 is 2.38 bits per heavy atom. The van der Waals surface area contributed by atoms with E-state index in [9.17, 15) is 9.59 Å². The van der Waals surface area contributed by atoms with Gasteiger partial charge in [-0.1, -0.05) is 24.8 Å². The van der Waals surface area contributed by atoms with Gasteiger partial charge in [0.25, 0.3) is 0 Å². The molecule has 4 nitrogen and oxygen atoms in total. The highest BCUT2D eigenvalue weighted by molar-refractivity contribution is 5.89. The predicted octanol–water partition coefficient (Wildman–Crippen LogP) is 3.27. The summed E-state index contributed by atoms with van der Waals surface area (Å²) in [5.74, 6) is -0.617. The molecule has 0 N–H and O–H groups in total. The lowest BCUT2D eigenvalue weighted by atomic mass is 9.83. The van der Waals surface area contributed by atoms with Crippen molar-refractivity contribution < 1.29 is 19.1 Å². The van der Waals surface area contributed by atoms with Crippen LogP contribution < -0.4 is 0 Å². The van der Waals surface area contributed by atoms with Gasteiger partial charge < -0.3 is 9.47 Å². The largest absolute Gasteiger partial charge is 0.459 e. The average molecular weight is 288 g/mol. The lowest BCUT2D eigenvalue weighted by molar-refractivity contribution is -0.156. The van der Waals surface area contributed by atoms with E-state index in [4.69, 9.17) is 9.47 Å². The van der Waals surface area contributed by atoms with E-state index in [0.29, 0.717) is 31.2 Å². The monoisotopic (exact) mass is 288 g/mol. The zero-order valence-electron chi connectivity index (χ0n) is 12.2. The van der Waals surface area contributed by atoms with Crippen LogP contribution in [0, 0.1) is 0 Å². The molecular weight excluding hydrogens is 268 g/mol. The summed E-state index contributed by atoms with van der Waals surface area (Å²) in [6, 6.07) is 8.94. The molecule has 2 rings (SSSR count). The SMILES string of the molecule is C=CC1(OC(C)=O)CCC(OC(=O)c2ccccc2)CC1. The van der Waals surface area contributed by atoms with E-state index in [1.807, 2.05) is 6.07 Å². The molecule has 1 fully saturated rings. The summed E-state index contributed by atoms with van der Waals surface area (Å²) in [7, 11) is 0. The van der Waals surface area contributed by atoms with Gasteiger partial charge in [-0.2, -0.15) is 0 Å². The van der Waals surface area contributed by atoms with Gasteiger partial charge in [0.05, 0.1) is 5.56 Å². The molecule has 0 saturated heterocycles. The maximum absolute atomic E-state index is 12.0. The lowest BCUT2D eigenvalue weighted by Crippen LogP contribution is -2.39. The van der Waals surface area contributed by atoms with Crippen molar-refractivity contribution in [1.29, 1.82) is 0 Å². The molecule has 0 bridgehead atoms. The van der Waals surface area contributed by atoms with Gasteiger partial charge >= 0.3 is 11.9 Å². The number of hydrogen-bond acceptors (Lipinski definition) is 4. The molecule has 0 amide bonds. The maximum Gasteiger partial charge on any atom is 0.338 e. The van der Waals surface area contributed by atoms with E-state index < -0.39 is 5.60 Å². The smallest absolute Gasteiger partial charge is 0.338 e. The Labute approximate surface area is 124 Å². The van der Waals surface area contributed by atoms with Crippen LogP contribution in [0.4, 0.5) is 0 Å². The minimum absolute atomic E-state index is 0.138. The minimum atomic E-state index is -0.610. The van der Waals surface area contributed by atoms with Crippen LogP contribution >= 0.6 is 0 Å². The predicted molar refractivity (Wildman–Crippen MR) is 78.8 cm³/mol. The number of rotatable bonds is 4. The Balaban J connectivity index is 1.91. The van der Waals surface area contributed by atoms with Crippen LogP contribution in [0.1, 0.15) is 43.0 Å². The number of benzene rings is 1. The summed E-state index contributed by atoms with van der Waals surface area (Å²) >= 11 is 0. The van der Waals surface area contributed by atoms with Crippen LogP contribution in [0.3, 0.4) is 0 Å². The third kappa shape index (κ3) is 3.94. The van der Waals surface area contributed by atoms with Crippen LogP contribution in [-0.4, -0.2) is 23.6 Å². The second kappa shape index (κ2) is 6.57. The summed E-state index contributed by atoms with van der Waals surface area (Å²) in [4.78, 5) is 23.2. The van der Waals surface area contributed by atoms with Crippen LogP contribution in [0.25, 0.3) is 0 Å². The van der Waals surface area contributed by atoms with Crippen molar-refractivity contribution in [2.75, 3.05) is 0 Å². The van der Waals surface area contributed by atoms with Crippen molar-refractivity contribution in [3.63, 3.8) is 0 Å².